The van der Waals surface area contributed by atoms with Crippen LogP contribution in [0.25, 0.3) is 0 Å². The van der Waals surface area contributed by atoms with Gasteiger partial charge in [0.25, 0.3) is 0 Å². The van der Waals surface area contributed by atoms with Crippen LogP contribution in [0.3, 0.4) is 0 Å². The van der Waals surface area contributed by atoms with Gasteiger partial charge in [-0.25, -0.2) is 0 Å². The van der Waals surface area contributed by atoms with Crippen LogP contribution in [0.15, 0.2) is 18.3 Å². The molecule has 0 amide bonds. The predicted molar refractivity (Wildman–Crippen MR) is 61.3 cm³/mol. The fraction of sp³-hybridized carbons (Fsp3) is 0.364. The summed E-state index contributed by atoms with van der Waals surface area (Å²) in [5.41, 5.74) is 6.88. The van der Waals surface area contributed by atoms with Gasteiger partial charge in [-0.3, -0.25) is 4.98 Å². The third-order valence-electron chi connectivity index (χ3n) is 1.92. The highest BCUT2D eigenvalue weighted by Crippen LogP contribution is 1.97. The van der Waals surface area contributed by atoms with Crippen LogP contribution in [0.2, 0.25) is 0 Å². The van der Waals surface area contributed by atoms with E-state index in [2.05, 4.69) is 21.8 Å². The van der Waals surface area contributed by atoms with Crippen molar-refractivity contribution in [3.05, 3.63) is 29.6 Å². The van der Waals surface area contributed by atoms with E-state index in [9.17, 15) is 19.8 Å². The predicted octanol–water partition coefficient (Wildman–Crippen LogP) is -5.13. The number of aromatic nitrogens is 1. The second kappa shape index (κ2) is 9.95. The summed E-state index contributed by atoms with van der Waals surface area (Å²) >= 11 is 0. The number of pyridine rings is 1. The van der Waals surface area contributed by atoms with Crippen LogP contribution in [-0.2, 0) is 0 Å². The maximum Gasteiger partial charge on any atom is 0.0899 e. The third-order valence-corrected chi connectivity index (χ3v) is 1.92. The third kappa shape index (κ3) is 7.82. The number of quaternary nitrogens is 2. The van der Waals surface area contributed by atoms with Crippen molar-refractivity contribution in [2.75, 3.05) is 26.2 Å². The zero-order valence-electron chi connectivity index (χ0n) is 10.6. The fourth-order valence-electron chi connectivity index (χ4n) is 1.01. The number of hydrogen-bond acceptors (Lipinski definition) is 6. The number of carbonyl (C=O) groups excluding carboxylic acids is 2. The van der Waals surface area contributed by atoms with Crippen LogP contribution in [0, 0.1) is 0 Å². The molecular formula is C11H18N4O4. The highest BCUT2D eigenvalue weighted by Gasteiger charge is 1.96. The van der Waals surface area contributed by atoms with Crippen molar-refractivity contribution in [3.63, 3.8) is 0 Å². The second-order valence-electron chi connectivity index (χ2n) is 3.46. The molecule has 1 rings (SSSR count). The number of carboxylic acids is 2. The van der Waals surface area contributed by atoms with Crippen LogP contribution < -0.4 is 27.0 Å². The Kier molecular flexibility index (Phi) is 8.88. The molecule has 0 saturated heterocycles. The summed E-state index contributed by atoms with van der Waals surface area (Å²) in [6.07, 6.45) is 0.903. The molecule has 0 unspecified atom stereocenters. The summed E-state index contributed by atoms with van der Waals surface area (Å²) in [5.74, 6) is -2.84. The standard InChI is InChI=1S/C7H5NO4.C4H13N3/c9-6(10)4-1-2-5(7(11)12)8-3-4;5-1-3-7-4-2-6/h1-3H,(H,9,10)(H,11,12);7H,1-6H2. The number of aromatic carboxylic acids is 2. The van der Waals surface area contributed by atoms with Crippen molar-refractivity contribution in [2.24, 2.45) is 0 Å². The first-order valence-electron chi connectivity index (χ1n) is 5.70. The van der Waals surface area contributed by atoms with Gasteiger partial charge in [0.2, 0.25) is 0 Å². The Labute approximate surface area is 110 Å². The van der Waals surface area contributed by atoms with Gasteiger partial charge >= 0.3 is 0 Å². The normalized spacial score (nSPS) is 9.37. The van der Waals surface area contributed by atoms with Crippen molar-refractivity contribution in [1.82, 2.24) is 10.3 Å². The summed E-state index contributed by atoms with van der Waals surface area (Å²) in [4.78, 5) is 23.6. The lowest BCUT2D eigenvalue weighted by Crippen LogP contribution is -2.57. The van der Waals surface area contributed by atoms with E-state index in [1.165, 1.54) is 0 Å². The molecule has 0 bridgehead atoms. The second-order valence-corrected chi connectivity index (χ2v) is 3.46. The van der Waals surface area contributed by atoms with E-state index in [1.807, 2.05) is 0 Å². The molecule has 19 heavy (non-hydrogen) atoms. The zero-order valence-corrected chi connectivity index (χ0v) is 10.6. The number of rotatable bonds is 6. The minimum atomic E-state index is -1.44. The van der Waals surface area contributed by atoms with E-state index in [0.29, 0.717) is 0 Å². The van der Waals surface area contributed by atoms with Crippen molar-refractivity contribution in [3.8, 4) is 0 Å². The molecule has 0 aliphatic rings. The molecule has 0 spiro atoms. The summed E-state index contributed by atoms with van der Waals surface area (Å²) in [6.45, 7) is 3.99. The molecule has 0 aromatic carbocycles. The minimum Gasteiger partial charge on any atom is -0.545 e. The van der Waals surface area contributed by atoms with Crippen LogP contribution in [0.4, 0.5) is 0 Å². The number of nitrogens with one attached hydrogen (secondary N) is 1. The first-order valence-corrected chi connectivity index (χ1v) is 5.70. The summed E-state index contributed by atoms with van der Waals surface area (Å²) < 4.78 is 0. The lowest BCUT2D eigenvalue weighted by molar-refractivity contribution is -0.370. The molecule has 8 heteroatoms. The summed E-state index contributed by atoms with van der Waals surface area (Å²) in [6, 6.07) is 2.13. The van der Waals surface area contributed by atoms with Gasteiger partial charge in [-0.1, -0.05) is 0 Å². The molecular weight excluding hydrogens is 252 g/mol. The van der Waals surface area contributed by atoms with Crippen LogP contribution in [0.1, 0.15) is 20.8 Å². The number of carbonyl (C=O) groups is 2. The first-order chi connectivity index (χ1) is 9.02. The van der Waals surface area contributed by atoms with Gasteiger partial charge in [0, 0.05) is 24.8 Å². The Morgan fingerprint density at radius 2 is 1.68 bits per heavy atom. The average Bonchev–Trinajstić information content (AvgIpc) is 2.40. The number of hydrogen-bond donors (Lipinski definition) is 3. The monoisotopic (exact) mass is 270 g/mol. The molecule has 0 atom stereocenters. The van der Waals surface area contributed by atoms with Gasteiger partial charge in [-0.05, 0) is 12.1 Å². The molecule has 0 aliphatic carbocycles. The van der Waals surface area contributed by atoms with Crippen LogP contribution in [0.5, 0.6) is 0 Å². The Morgan fingerprint density at radius 1 is 1.11 bits per heavy atom. The average molecular weight is 270 g/mol. The summed E-state index contributed by atoms with van der Waals surface area (Å²) in [5, 5.41) is 23.5. The molecule has 1 heterocycles. The maximum atomic E-state index is 10.2. The summed E-state index contributed by atoms with van der Waals surface area (Å²) in [7, 11) is 0. The molecule has 7 N–H and O–H groups in total. The number of carboxylic acid groups (broad SMARTS) is 2. The molecule has 1 aromatic rings. The minimum absolute atomic E-state index is 0.167. The van der Waals surface area contributed by atoms with Crippen LogP contribution in [-0.4, -0.2) is 43.1 Å². The first kappa shape index (κ1) is 17.0. The molecule has 0 fully saturated rings. The Hall–Kier alpha value is -2.03. The van der Waals surface area contributed by atoms with Gasteiger partial charge in [-0.15, -0.1) is 0 Å². The Bertz CT molecular complexity index is 357. The van der Waals surface area contributed by atoms with Gasteiger partial charge in [0.15, 0.2) is 0 Å². The van der Waals surface area contributed by atoms with Crippen molar-refractivity contribution >= 4 is 11.9 Å². The van der Waals surface area contributed by atoms with E-state index >= 15 is 0 Å². The largest absolute Gasteiger partial charge is 0.545 e. The molecule has 0 radical (unpaired) electrons. The highest BCUT2D eigenvalue weighted by atomic mass is 16.4. The molecule has 8 nitrogen and oxygen atoms in total. The molecule has 106 valence electrons. The number of nitrogens with zero attached hydrogens (tertiary/aromatic N) is 1. The Balaban J connectivity index is 0.000000399. The van der Waals surface area contributed by atoms with E-state index < -0.39 is 11.9 Å². The van der Waals surface area contributed by atoms with E-state index in [4.69, 9.17) is 0 Å². The van der Waals surface area contributed by atoms with E-state index in [1.54, 1.807) is 0 Å². The quantitative estimate of drug-likeness (QED) is 0.438. The molecule has 0 saturated carbocycles. The van der Waals surface area contributed by atoms with Crippen molar-refractivity contribution in [1.29, 1.82) is 0 Å². The Morgan fingerprint density at radius 3 is 2.00 bits per heavy atom. The smallest absolute Gasteiger partial charge is 0.0899 e. The highest BCUT2D eigenvalue weighted by molar-refractivity contribution is 5.87. The maximum absolute atomic E-state index is 10.2. The van der Waals surface area contributed by atoms with Gasteiger partial charge in [0.1, 0.15) is 0 Å². The van der Waals surface area contributed by atoms with E-state index in [-0.39, 0.29) is 11.3 Å². The van der Waals surface area contributed by atoms with Crippen molar-refractivity contribution in [2.45, 2.75) is 0 Å². The lowest BCUT2D eigenvalue weighted by Gasteiger charge is -2.03. The topological polar surface area (TPSA) is 160 Å². The van der Waals surface area contributed by atoms with Gasteiger partial charge < -0.3 is 36.6 Å². The molecule has 1 aromatic heterocycles. The van der Waals surface area contributed by atoms with Crippen LogP contribution >= 0.6 is 0 Å². The van der Waals surface area contributed by atoms with E-state index in [0.717, 1.165) is 44.5 Å². The SMILES string of the molecule is O=C([O-])c1ccc(C(=O)[O-])nc1.[NH3+]CCNCC[NH3+]. The van der Waals surface area contributed by atoms with Gasteiger partial charge in [-0.2, -0.15) is 0 Å². The molecule has 0 aliphatic heterocycles. The fourth-order valence-corrected chi connectivity index (χ4v) is 1.01. The lowest BCUT2D eigenvalue weighted by atomic mass is 10.2. The zero-order chi connectivity index (χ0) is 14.7. The van der Waals surface area contributed by atoms with Gasteiger partial charge in [0.05, 0.1) is 30.7 Å². The van der Waals surface area contributed by atoms with Crippen molar-refractivity contribution < 1.29 is 31.3 Å².